The normalized spacial score (nSPS) is 23.8. The summed E-state index contributed by atoms with van der Waals surface area (Å²) >= 11 is 0. The van der Waals surface area contributed by atoms with Crippen molar-refractivity contribution in [1.29, 1.82) is 0 Å². The molecule has 2 atom stereocenters. The van der Waals surface area contributed by atoms with Crippen LogP contribution in [-0.2, 0) is 15.9 Å². The van der Waals surface area contributed by atoms with E-state index in [4.69, 9.17) is 13.9 Å². The van der Waals surface area contributed by atoms with Crippen LogP contribution in [0.1, 0.15) is 29.7 Å². The molecule has 1 amide bonds. The summed E-state index contributed by atoms with van der Waals surface area (Å²) in [7, 11) is 0. The highest BCUT2D eigenvalue weighted by Gasteiger charge is 2.32. The van der Waals surface area contributed by atoms with E-state index in [-0.39, 0.29) is 5.91 Å². The van der Waals surface area contributed by atoms with Gasteiger partial charge in [0.1, 0.15) is 5.76 Å². The molecular weight excluding hydrogens is 296 g/mol. The van der Waals surface area contributed by atoms with E-state index in [1.54, 1.807) is 6.07 Å². The minimum atomic E-state index is -0.137. The van der Waals surface area contributed by atoms with Crippen molar-refractivity contribution in [2.24, 2.45) is 5.92 Å². The Morgan fingerprint density at radius 2 is 2.13 bits per heavy atom. The van der Waals surface area contributed by atoms with E-state index in [1.807, 2.05) is 13.0 Å². The molecule has 0 saturated carbocycles. The summed E-state index contributed by atoms with van der Waals surface area (Å²) < 4.78 is 16.5. The third kappa shape index (κ3) is 4.13. The first-order valence-corrected chi connectivity index (χ1v) is 8.54. The Morgan fingerprint density at radius 3 is 2.78 bits per heavy atom. The van der Waals surface area contributed by atoms with Crippen LogP contribution >= 0.6 is 0 Å². The quantitative estimate of drug-likeness (QED) is 0.855. The Hall–Kier alpha value is -1.37. The average Bonchev–Trinajstić information content (AvgIpc) is 3.27. The van der Waals surface area contributed by atoms with Crippen molar-refractivity contribution in [2.75, 3.05) is 46.1 Å². The highest BCUT2D eigenvalue weighted by atomic mass is 16.5. The fraction of sp³-hybridized carbons (Fsp3) is 0.706. The third-order valence-corrected chi connectivity index (χ3v) is 4.73. The summed E-state index contributed by atoms with van der Waals surface area (Å²) in [5.74, 6) is 1.56. The largest absolute Gasteiger partial charge is 0.456 e. The number of hydrogen-bond acceptors (Lipinski definition) is 5. The van der Waals surface area contributed by atoms with Crippen LogP contribution < -0.4 is 5.32 Å². The molecule has 0 bridgehead atoms. The van der Waals surface area contributed by atoms with E-state index >= 15 is 0 Å². The zero-order valence-electron chi connectivity index (χ0n) is 13.8. The lowest BCUT2D eigenvalue weighted by molar-refractivity contribution is 0.00159. The molecule has 128 valence electrons. The molecule has 6 heteroatoms. The van der Waals surface area contributed by atoms with Crippen molar-refractivity contribution in [2.45, 2.75) is 25.8 Å². The summed E-state index contributed by atoms with van der Waals surface area (Å²) in [5, 5.41) is 3.04. The van der Waals surface area contributed by atoms with E-state index in [0.717, 1.165) is 58.1 Å². The first-order valence-electron chi connectivity index (χ1n) is 8.54. The molecule has 2 aliphatic heterocycles. The van der Waals surface area contributed by atoms with Gasteiger partial charge in [0.15, 0.2) is 5.76 Å². The molecule has 0 aromatic carbocycles. The molecule has 2 fully saturated rings. The first-order chi connectivity index (χ1) is 11.3. The number of ether oxygens (including phenoxy) is 2. The third-order valence-electron chi connectivity index (χ3n) is 4.73. The second-order valence-corrected chi connectivity index (χ2v) is 6.17. The molecule has 2 saturated heterocycles. The van der Waals surface area contributed by atoms with Crippen molar-refractivity contribution in [1.82, 2.24) is 10.2 Å². The Bertz CT molecular complexity index is 504. The first kappa shape index (κ1) is 16.5. The van der Waals surface area contributed by atoms with Gasteiger partial charge in [-0.1, -0.05) is 6.92 Å². The Morgan fingerprint density at radius 1 is 1.30 bits per heavy atom. The Labute approximate surface area is 137 Å². The Balaban J connectivity index is 1.59. The lowest BCUT2D eigenvalue weighted by Gasteiger charge is -2.37. The number of hydrogen-bond donors (Lipinski definition) is 1. The molecule has 6 nitrogen and oxygen atoms in total. The topological polar surface area (TPSA) is 63.9 Å². The van der Waals surface area contributed by atoms with Gasteiger partial charge in [-0.2, -0.15) is 0 Å². The number of rotatable bonds is 6. The molecule has 3 rings (SSSR count). The van der Waals surface area contributed by atoms with E-state index in [0.29, 0.717) is 24.3 Å². The van der Waals surface area contributed by atoms with E-state index in [1.165, 1.54) is 0 Å². The molecule has 2 unspecified atom stereocenters. The fourth-order valence-corrected chi connectivity index (χ4v) is 3.33. The van der Waals surface area contributed by atoms with Crippen molar-refractivity contribution in [3.8, 4) is 0 Å². The Kier molecular flexibility index (Phi) is 5.70. The zero-order valence-corrected chi connectivity index (χ0v) is 13.8. The molecule has 0 spiro atoms. The summed E-state index contributed by atoms with van der Waals surface area (Å²) in [5.41, 5.74) is 0. The number of nitrogens with one attached hydrogen (secondary N) is 1. The molecule has 1 aromatic rings. The molecule has 0 radical (unpaired) electrons. The van der Waals surface area contributed by atoms with Crippen LogP contribution in [0.2, 0.25) is 0 Å². The number of nitrogens with zero attached hydrogens (tertiary/aromatic N) is 1. The van der Waals surface area contributed by atoms with Crippen LogP contribution in [0.3, 0.4) is 0 Å². The average molecular weight is 322 g/mol. The summed E-state index contributed by atoms with van der Waals surface area (Å²) in [4.78, 5) is 14.7. The van der Waals surface area contributed by atoms with Crippen LogP contribution in [0.15, 0.2) is 16.5 Å². The molecule has 1 aromatic heterocycles. The van der Waals surface area contributed by atoms with Crippen molar-refractivity contribution >= 4 is 5.91 Å². The van der Waals surface area contributed by atoms with Gasteiger partial charge in [0.05, 0.1) is 19.8 Å². The summed E-state index contributed by atoms with van der Waals surface area (Å²) in [6.45, 7) is 7.57. The minimum absolute atomic E-state index is 0.137. The second-order valence-electron chi connectivity index (χ2n) is 6.17. The number of carbonyl (C=O) groups excluding carboxylic acids is 1. The number of aryl methyl sites for hydroxylation is 1. The summed E-state index contributed by atoms with van der Waals surface area (Å²) in [6.07, 6.45) is 1.85. The predicted molar refractivity (Wildman–Crippen MR) is 85.5 cm³/mol. The van der Waals surface area contributed by atoms with Crippen molar-refractivity contribution < 1.29 is 18.7 Å². The second kappa shape index (κ2) is 7.95. The molecule has 1 N–H and O–H groups in total. The van der Waals surface area contributed by atoms with Gasteiger partial charge in [-0.15, -0.1) is 0 Å². The van der Waals surface area contributed by atoms with Gasteiger partial charge in [-0.25, -0.2) is 0 Å². The van der Waals surface area contributed by atoms with Crippen LogP contribution in [0.5, 0.6) is 0 Å². The molecule has 0 aliphatic carbocycles. The molecule has 2 aliphatic rings. The number of amides is 1. The van der Waals surface area contributed by atoms with Crippen LogP contribution in [0.4, 0.5) is 0 Å². The van der Waals surface area contributed by atoms with Gasteiger partial charge >= 0.3 is 0 Å². The molecule has 23 heavy (non-hydrogen) atoms. The minimum Gasteiger partial charge on any atom is -0.456 e. The van der Waals surface area contributed by atoms with Gasteiger partial charge in [0, 0.05) is 44.6 Å². The van der Waals surface area contributed by atoms with Crippen molar-refractivity contribution in [3.63, 3.8) is 0 Å². The lowest BCUT2D eigenvalue weighted by Crippen LogP contribution is -2.52. The standard InChI is InChI=1S/C17H26N2O4/c1-2-14-3-4-16(23-14)17(20)18-11-15(13-5-8-22-12-13)19-6-9-21-10-7-19/h3-4,13,15H,2,5-12H2,1H3,(H,18,20). The highest BCUT2D eigenvalue weighted by molar-refractivity contribution is 5.91. The SMILES string of the molecule is CCc1ccc(C(=O)NCC(C2CCOC2)N2CCOCC2)o1. The lowest BCUT2D eigenvalue weighted by atomic mass is 9.97. The van der Waals surface area contributed by atoms with Crippen LogP contribution in [-0.4, -0.2) is 62.9 Å². The van der Waals surface area contributed by atoms with E-state index in [2.05, 4.69) is 10.2 Å². The maximum absolute atomic E-state index is 12.3. The molecule has 3 heterocycles. The van der Waals surface area contributed by atoms with Crippen LogP contribution in [0.25, 0.3) is 0 Å². The van der Waals surface area contributed by atoms with Gasteiger partial charge in [-0.3, -0.25) is 9.69 Å². The van der Waals surface area contributed by atoms with Gasteiger partial charge in [-0.05, 0) is 18.6 Å². The summed E-state index contributed by atoms with van der Waals surface area (Å²) in [6, 6.07) is 3.90. The van der Waals surface area contributed by atoms with Gasteiger partial charge in [0.2, 0.25) is 0 Å². The molecular formula is C17H26N2O4. The predicted octanol–water partition coefficient (Wildman–Crippen LogP) is 1.31. The van der Waals surface area contributed by atoms with E-state index < -0.39 is 0 Å². The van der Waals surface area contributed by atoms with Gasteiger partial charge in [0.25, 0.3) is 5.91 Å². The van der Waals surface area contributed by atoms with E-state index in [9.17, 15) is 4.79 Å². The van der Waals surface area contributed by atoms with Gasteiger partial charge < -0.3 is 19.2 Å². The monoisotopic (exact) mass is 322 g/mol. The number of morpholine rings is 1. The smallest absolute Gasteiger partial charge is 0.287 e. The maximum Gasteiger partial charge on any atom is 0.287 e. The van der Waals surface area contributed by atoms with Crippen molar-refractivity contribution in [3.05, 3.63) is 23.7 Å². The number of furan rings is 1. The highest BCUT2D eigenvalue weighted by Crippen LogP contribution is 2.22. The maximum atomic E-state index is 12.3. The zero-order chi connectivity index (χ0) is 16.1. The fourth-order valence-electron chi connectivity index (χ4n) is 3.33. The van der Waals surface area contributed by atoms with Crippen LogP contribution in [0, 0.1) is 5.92 Å². The number of carbonyl (C=O) groups is 1.